The van der Waals surface area contributed by atoms with E-state index < -0.39 is 5.60 Å². The van der Waals surface area contributed by atoms with Crippen LogP contribution in [-0.2, 0) is 38.3 Å². The highest BCUT2D eigenvalue weighted by Gasteiger charge is 2.46. The van der Waals surface area contributed by atoms with Crippen LogP contribution >= 0.6 is 0 Å². The zero-order valence-electron chi connectivity index (χ0n) is 53.6. The van der Waals surface area contributed by atoms with Gasteiger partial charge in [-0.25, -0.2) is 0 Å². The summed E-state index contributed by atoms with van der Waals surface area (Å²) in [6.07, 6.45) is 60.8. The predicted molar refractivity (Wildman–Crippen MR) is 342 cm³/mol. The number of hydrogen-bond acceptors (Lipinski definition) is 10. The van der Waals surface area contributed by atoms with Gasteiger partial charge in [0.15, 0.2) is 11.6 Å². The first kappa shape index (κ1) is 70.1. The van der Waals surface area contributed by atoms with Crippen molar-refractivity contribution in [1.29, 1.82) is 0 Å². The van der Waals surface area contributed by atoms with Gasteiger partial charge in [-0.15, -0.1) is 0 Å². The van der Waals surface area contributed by atoms with Crippen molar-refractivity contribution in [3.63, 3.8) is 0 Å². The Balaban J connectivity index is 0.000000165. The van der Waals surface area contributed by atoms with Crippen LogP contribution in [-0.4, -0.2) is 68.4 Å². The minimum atomic E-state index is -0.604. The summed E-state index contributed by atoms with van der Waals surface area (Å²) in [5.41, 5.74) is 7.53. The van der Waals surface area contributed by atoms with Gasteiger partial charge in [0.1, 0.15) is 29.2 Å². The lowest BCUT2D eigenvalue weighted by atomic mass is 9.82. The van der Waals surface area contributed by atoms with Crippen LogP contribution in [0.5, 0.6) is 0 Å². The number of allylic oxidation sites excluding steroid dienone is 6. The SMILES string of the molecule is O.O=C1C(=C2CCCC2)CCC1=C1CCCC1.O=C1C(C2CCCC2)CCC1C1CCCC1.O=C1CCCC1.O=C1CCCC1.O=C1CCCC1=C1CCCC1.O=C1CCCC1C1(O)CCCC1.O=C1OC(C2CCCC2)CCC1C1CCCC1.[HH].[OH-]. The predicted octanol–water partition coefficient (Wildman–Crippen LogP) is 17.5. The van der Waals surface area contributed by atoms with E-state index in [-0.39, 0.29) is 36.3 Å². The molecule has 0 radical (unpaired) electrons. The van der Waals surface area contributed by atoms with E-state index in [1.807, 2.05) is 0 Å². The van der Waals surface area contributed by atoms with Gasteiger partial charge in [-0.1, -0.05) is 80.9 Å². The van der Waals surface area contributed by atoms with Crippen molar-refractivity contribution in [2.45, 2.75) is 346 Å². The Morgan fingerprint density at radius 1 is 0.349 bits per heavy atom. The van der Waals surface area contributed by atoms with Crippen molar-refractivity contribution in [3.8, 4) is 0 Å². The average Bonchev–Trinajstić information content (AvgIpc) is 2.78. The molecule has 1 heterocycles. The number of carbonyl (C=O) groups is 7. The summed E-state index contributed by atoms with van der Waals surface area (Å²) in [6, 6.07) is 0. The van der Waals surface area contributed by atoms with E-state index in [1.165, 1.54) is 226 Å². The maximum absolute atomic E-state index is 12.5. The molecule has 0 aromatic rings. The molecule has 14 saturated carbocycles. The molecule has 11 nitrogen and oxygen atoms in total. The van der Waals surface area contributed by atoms with Crippen LogP contribution in [0.3, 0.4) is 0 Å². The van der Waals surface area contributed by atoms with Crippen LogP contribution in [0.4, 0.5) is 0 Å². The molecule has 4 N–H and O–H groups in total. The molecule has 0 amide bonds. The first-order chi connectivity index (χ1) is 41.0. The monoisotopic (exact) mass is 1200 g/mol. The normalized spacial score (nSPS) is 30.2. The third-order valence-corrected chi connectivity index (χ3v) is 23.7. The molecule has 486 valence electrons. The van der Waals surface area contributed by atoms with E-state index >= 15 is 0 Å². The van der Waals surface area contributed by atoms with Crippen molar-refractivity contribution in [2.75, 3.05) is 0 Å². The van der Waals surface area contributed by atoms with E-state index in [0.29, 0.717) is 64.8 Å². The summed E-state index contributed by atoms with van der Waals surface area (Å²) in [5.74, 6) is 6.99. The Morgan fingerprint density at radius 2 is 0.733 bits per heavy atom. The summed E-state index contributed by atoms with van der Waals surface area (Å²) in [5, 5.41) is 10.1. The maximum Gasteiger partial charge on any atom is 0.309 e. The Labute approximate surface area is 520 Å². The second kappa shape index (κ2) is 35.8. The number of hydrogen-bond donors (Lipinski definition) is 1. The summed E-state index contributed by atoms with van der Waals surface area (Å²) in [6.45, 7) is 0. The smallest absolute Gasteiger partial charge is 0.309 e. The summed E-state index contributed by atoms with van der Waals surface area (Å²) in [4.78, 5) is 80.2. The number of rotatable bonds is 5. The molecule has 1 aliphatic heterocycles. The highest BCUT2D eigenvalue weighted by molar-refractivity contribution is 6.11. The average molecular weight is 1200 g/mol. The lowest BCUT2D eigenvalue weighted by molar-refractivity contribution is -0.166. The molecule has 14 aliphatic carbocycles. The van der Waals surface area contributed by atoms with Gasteiger partial charge in [0, 0.05) is 57.7 Å². The Hall–Kier alpha value is -3.41. The molecular weight excluding hydrogens is 1080 g/mol. The summed E-state index contributed by atoms with van der Waals surface area (Å²) >= 11 is 0. The maximum atomic E-state index is 12.5. The van der Waals surface area contributed by atoms with Gasteiger partial charge in [0.05, 0.1) is 11.5 Å². The molecule has 0 aromatic heterocycles. The molecule has 11 heteroatoms. The van der Waals surface area contributed by atoms with Crippen LogP contribution in [0.25, 0.3) is 0 Å². The highest BCUT2D eigenvalue weighted by atomic mass is 16.5. The zero-order valence-corrected chi connectivity index (χ0v) is 53.6. The molecule has 0 bridgehead atoms. The minimum absolute atomic E-state index is 0. The first-order valence-corrected chi connectivity index (χ1v) is 36.2. The van der Waals surface area contributed by atoms with Gasteiger partial charge >= 0.3 is 5.97 Å². The summed E-state index contributed by atoms with van der Waals surface area (Å²) < 4.78 is 5.76. The lowest BCUT2D eigenvalue weighted by Gasteiger charge is -2.34. The number of cyclic esters (lactones) is 1. The van der Waals surface area contributed by atoms with Crippen molar-refractivity contribution < 1.29 is 55.8 Å². The standard InChI is InChI=1S/C15H24O2.C15H24O.C15H20O.C10H16O2.C10H14O.2C5H8O.2H2O.H2/c16-15-13(11-5-1-2-6-11)9-10-14(17-15)12-7-3-4-8-12;2*16-15-13(11-5-1-2-6-11)9-10-14(15)12-7-3-4-8-12;11-9-5-3-4-8(9)10(12)6-1-2-7-10;11-10-7-3-6-9(10)8-4-1-2-5-8;2*6-5-3-1-2-4-5;;;/h11-14H,1-10H2;11-14H,1-10H2;1-10H2;8,12H,1-7H2;1-7H2;2*1-4H2;2*1H2;1H/p-1. The number of Topliss-reactive ketones (excluding diaryl/α,β-unsaturated/α-hetero) is 6. The molecule has 5 atom stereocenters. The number of ketones is 6. The Morgan fingerprint density at radius 3 is 1.09 bits per heavy atom. The molecule has 86 heavy (non-hydrogen) atoms. The van der Waals surface area contributed by atoms with E-state index in [2.05, 4.69) is 0 Å². The van der Waals surface area contributed by atoms with Gasteiger partial charge in [-0.05, 0) is 272 Å². The second-order valence-corrected chi connectivity index (χ2v) is 29.2. The number of esters is 1. The molecule has 0 spiro atoms. The lowest BCUT2D eigenvalue weighted by Crippen LogP contribution is -2.37. The fraction of sp³-hybridized carbons (Fsp3) is 0.827. The minimum Gasteiger partial charge on any atom is -0.870 e. The van der Waals surface area contributed by atoms with E-state index in [0.717, 1.165) is 147 Å². The fourth-order valence-corrected chi connectivity index (χ4v) is 18.8. The molecule has 15 fully saturated rings. The molecule has 1 saturated heterocycles. The van der Waals surface area contributed by atoms with Crippen molar-refractivity contribution in [3.05, 3.63) is 33.4 Å². The van der Waals surface area contributed by atoms with Crippen molar-refractivity contribution in [1.82, 2.24) is 0 Å². The van der Waals surface area contributed by atoms with E-state index in [1.54, 1.807) is 0 Å². The molecule has 0 aromatic carbocycles. The van der Waals surface area contributed by atoms with E-state index in [4.69, 9.17) is 4.74 Å². The van der Waals surface area contributed by atoms with Crippen LogP contribution in [0.15, 0.2) is 33.4 Å². The largest absolute Gasteiger partial charge is 0.870 e. The van der Waals surface area contributed by atoms with Crippen LogP contribution in [0.2, 0.25) is 0 Å². The third kappa shape index (κ3) is 19.6. The van der Waals surface area contributed by atoms with E-state index in [9.17, 15) is 38.7 Å². The van der Waals surface area contributed by atoms with Gasteiger partial charge in [-0.3, -0.25) is 33.6 Å². The fourth-order valence-electron chi connectivity index (χ4n) is 18.8. The first-order valence-electron chi connectivity index (χ1n) is 36.2. The second-order valence-electron chi connectivity index (χ2n) is 29.2. The third-order valence-electron chi connectivity index (χ3n) is 23.7. The van der Waals surface area contributed by atoms with Gasteiger partial charge in [0.2, 0.25) is 0 Å². The van der Waals surface area contributed by atoms with Crippen LogP contribution in [0.1, 0.15) is 335 Å². The number of aliphatic hydroxyl groups is 1. The van der Waals surface area contributed by atoms with Gasteiger partial charge in [0.25, 0.3) is 0 Å². The number of carbonyl (C=O) groups excluding carboxylic acids is 7. The molecular formula is C75H119O11-. The topological polar surface area (TPSA) is 210 Å². The zero-order chi connectivity index (χ0) is 58.7. The van der Waals surface area contributed by atoms with Gasteiger partial charge < -0.3 is 20.8 Å². The molecule has 5 unspecified atom stereocenters. The van der Waals surface area contributed by atoms with Crippen LogP contribution < -0.4 is 0 Å². The van der Waals surface area contributed by atoms with Gasteiger partial charge in [-0.2, -0.15) is 0 Å². The van der Waals surface area contributed by atoms with Crippen LogP contribution in [0, 0.1) is 47.3 Å². The Kier molecular flexibility index (Phi) is 29.2. The summed E-state index contributed by atoms with van der Waals surface area (Å²) in [7, 11) is 0. The Bertz CT molecular complexity index is 2210. The molecule has 15 rings (SSSR count). The van der Waals surface area contributed by atoms with Crippen molar-refractivity contribution >= 4 is 40.7 Å². The quantitative estimate of drug-likeness (QED) is 0.203. The molecule has 15 aliphatic rings. The van der Waals surface area contributed by atoms with Crippen molar-refractivity contribution in [2.24, 2.45) is 47.3 Å². The highest BCUT2D eigenvalue weighted by Crippen LogP contribution is 2.47. The number of ether oxygens (including phenoxy) is 1.